The second-order valence-corrected chi connectivity index (χ2v) is 10.9. The van der Waals surface area contributed by atoms with Crippen LogP contribution in [-0.4, -0.2) is 35.4 Å². The first-order chi connectivity index (χ1) is 18.9. The van der Waals surface area contributed by atoms with Crippen molar-refractivity contribution >= 4 is 35.0 Å². The Morgan fingerprint density at radius 1 is 0.897 bits per heavy atom. The third-order valence-corrected chi connectivity index (χ3v) is 8.01. The zero-order valence-electron chi connectivity index (χ0n) is 22.4. The molecule has 1 fully saturated rings. The monoisotopic (exact) mass is 566 g/mol. The van der Waals surface area contributed by atoms with Crippen LogP contribution in [-0.2, 0) is 29.0 Å². The van der Waals surface area contributed by atoms with E-state index in [-0.39, 0.29) is 31.0 Å². The fourth-order valence-corrected chi connectivity index (χ4v) is 5.52. The van der Waals surface area contributed by atoms with Gasteiger partial charge in [0.15, 0.2) is 6.61 Å². The number of amides is 2. The largest absolute Gasteiger partial charge is 0.484 e. The number of halogens is 2. The van der Waals surface area contributed by atoms with Gasteiger partial charge in [0.25, 0.3) is 5.91 Å². The standard InChI is InChI=1S/C32H36Cl2N2O3/c1-2-23-16-18-26(19-17-23)39-22-31(37)36(21-27-28(33)14-9-15-29(27)34)30(20-24-10-5-3-6-11-24)32(38)35-25-12-7-4-8-13-25/h3,5-6,9-11,14-19,25,30H,2,4,7-8,12-13,20-22H2,1H3,(H,35,38)/t30-/m0/s1. The molecule has 1 aliphatic rings. The lowest BCUT2D eigenvalue weighted by atomic mass is 9.94. The van der Waals surface area contributed by atoms with E-state index < -0.39 is 6.04 Å². The Morgan fingerprint density at radius 3 is 2.21 bits per heavy atom. The van der Waals surface area contributed by atoms with Gasteiger partial charge in [-0.1, -0.05) is 97.9 Å². The number of hydrogen-bond acceptors (Lipinski definition) is 3. The molecule has 0 aromatic heterocycles. The SMILES string of the molecule is CCc1ccc(OCC(=O)N(Cc2c(Cl)cccc2Cl)[C@@H](Cc2ccccc2)C(=O)NC2CCCCC2)cc1. The normalized spacial score (nSPS) is 14.4. The molecule has 206 valence electrons. The lowest BCUT2D eigenvalue weighted by Gasteiger charge is -2.33. The lowest BCUT2D eigenvalue weighted by molar-refractivity contribution is -0.143. The van der Waals surface area contributed by atoms with Gasteiger partial charge in [0.05, 0.1) is 0 Å². The van der Waals surface area contributed by atoms with Gasteiger partial charge in [0, 0.05) is 34.6 Å². The molecule has 3 aromatic carbocycles. The van der Waals surface area contributed by atoms with Crippen LogP contribution >= 0.6 is 23.2 Å². The third kappa shape index (κ3) is 8.23. The Bertz CT molecular complexity index is 1210. The summed E-state index contributed by atoms with van der Waals surface area (Å²) in [6.07, 6.45) is 6.55. The van der Waals surface area contributed by atoms with E-state index in [0.717, 1.165) is 37.7 Å². The van der Waals surface area contributed by atoms with E-state index in [2.05, 4.69) is 12.2 Å². The van der Waals surface area contributed by atoms with Crippen LogP contribution in [0.15, 0.2) is 72.8 Å². The summed E-state index contributed by atoms with van der Waals surface area (Å²) in [7, 11) is 0. The number of nitrogens with zero attached hydrogens (tertiary/aromatic N) is 1. The number of hydrogen-bond donors (Lipinski definition) is 1. The Balaban J connectivity index is 1.63. The van der Waals surface area contributed by atoms with Crippen LogP contribution in [0, 0.1) is 0 Å². The first kappa shape index (κ1) is 29.0. The Hall–Kier alpha value is -3.02. The molecule has 7 heteroatoms. The summed E-state index contributed by atoms with van der Waals surface area (Å²) in [5, 5.41) is 4.13. The van der Waals surface area contributed by atoms with E-state index in [1.165, 1.54) is 12.0 Å². The van der Waals surface area contributed by atoms with Gasteiger partial charge < -0.3 is 15.0 Å². The van der Waals surface area contributed by atoms with Crippen molar-refractivity contribution in [1.82, 2.24) is 10.2 Å². The van der Waals surface area contributed by atoms with E-state index in [1.54, 1.807) is 23.1 Å². The van der Waals surface area contributed by atoms with E-state index in [0.29, 0.717) is 27.8 Å². The number of aryl methyl sites for hydroxylation is 1. The maximum Gasteiger partial charge on any atom is 0.261 e. The number of benzene rings is 3. The van der Waals surface area contributed by atoms with E-state index in [1.807, 2.05) is 54.6 Å². The molecule has 3 aromatic rings. The van der Waals surface area contributed by atoms with Crippen LogP contribution in [0.3, 0.4) is 0 Å². The Morgan fingerprint density at radius 2 is 1.56 bits per heavy atom. The molecule has 0 unspecified atom stereocenters. The summed E-state index contributed by atoms with van der Waals surface area (Å²) < 4.78 is 5.89. The molecular formula is C32H36Cl2N2O3. The van der Waals surface area contributed by atoms with Crippen molar-refractivity contribution in [2.24, 2.45) is 0 Å². The summed E-state index contributed by atoms with van der Waals surface area (Å²) in [5.41, 5.74) is 2.75. The summed E-state index contributed by atoms with van der Waals surface area (Å²) in [5.74, 6) is 0.113. The highest BCUT2D eigenvalue weighted by Gasteiger charge is 2.33. The average Bonchev–Trinajstić information content (AvgIpc) is 2.96. The molecule has 1 aliphatic carbocycles. The highest BCUT2D eigenvalue weighted by atomic mass is 35.5. The van der Waals surface area contributed by atoms with Gasteiger partial charge in [0.2, 0.25) is 5.91 Å². The summed E-state index contributed by atoms with van der Waals surface area (Å²) >= 11 is 13.1. The molecule has 1 atom stereocenters. The fourth-order valence-electron chi connectivity index (χ4n) is 5.00. The second-order valence-electron chi connectivity index (χ2n) is 10.1. The smallest absolute Gasteiger partial charge is 0.261 e. The maximum absolute atomic E-state index is 13.9. The highest BCUT2D eigenvalue weighted by molar-refractivity contribution is 6.36. The molecule has 0 saturated heterocycles. The Labute approximate surface area is 241 Å². The van der Waals surface area contributed by atoms with E-state index in [9.17, 15) is 9.59 Å². The predicted molar refractivity (Wildman–Crippen MR) is 157 cm³/mol. The quantitative estimate of drug-likeness (QED) is 0.271. The van der Waals surface area contributed by atoms with Crippen LogP contribution in [0.25, 0.3) is 0 Å². The minimum Gasteiger partial charge on any atom is -0.484 e. The van der Waals surface area contributed by atoms with Gasteiger partial charge in [-0.15, -0.1) is 0 Å². The molecule has 5 nitrogen and oxygen atoms in total. The number of nitrogens with one attached hydrogen (secondary N) is 1. The molecule has 39 heavy (non-hydrogen) atoms. The lowest BCUT2D eigenvalue weighted by Crippen LogP contribution is -2.53. The van der Waals surface area contributed by atoms with Gasteiger partial charge in [-0.25, -0.2) is 0 Å². The average molecular weight is 568 g/mol. The van der Waals surface area contributed by atoms with Crippen molar-refractivity contribution in [2.45, 2.75) is 70.5 Å². The fraction of sp³-hybridized carbons (Fsp3) is 0.375. The zero-order chi connectivity index (χ0) is 27.6. The topological polar surface area (TPSA) is 58.6 Å². The minimum atomic E-state index is -0.764. The summed E-state index contributed by atoms with van der Waals surface area (Å²) in [6, 6.07) is 22.0. The van der Waals surface area contributed by atoms with Crippen molar-refractivity contribution < 1.29 is 14.3 Å². The number of carbonyl (C=O) groups is 2. The van der Waals surface area contributed by atoms with Crippen LogP contribution < -0.4 is 10.1 Å². The van der Waals surface area contributed by atoms with Gasteiger partial charge in [-0.05, 0) is 54.7 Å². The minimum absolute atomic E-state index is 0.0884. The first-order valence-electron chi connectivity index (χ1n) is 13.7. The van der Waals surface area contributed by atoms with Gasteiger partial charge in [-0.2, -0.15) is 0 Å². The second kappa shape index (κ2) is 14.4. The number of rotatable bonds is 11. The van der Waals surface area contributed by atoms with Crippen LogP contribution in [0.1, 0.15) is 55.7 Å². The molecule has 4 rings (SSSR count). The molecule has 2 amide bonds. The molecule has 0 heterocycles. The van der Waals surface area contributed by atoms with Crippen LogP contribution in [0.4, 0.5) is 0 Å². The molecule has 1 saturated carbocycles. The molecular weight excluding hydrogens is 531 g/mol. The molecule has 1 N–H and O–H groups in total. The first-order valence-corrected chi connectivity index (χ1v) is 14.5. The predicted octanol–water partition coefficient (Wildman–Crippen LogP) is 7.02. The van der Waals surface area contributed by atoms with Gasteiger partial charge in [-0.3, -0.25) is 9.59 Å². The van der Waals surface area contributed by atoms with Crippen LogP contribution in [0.5, 0.6) is 5.75 Å². The maximum atomic E-state index is 13.9. The number of ether oxygens (including phenoxy) is 1. The Kier molecular flexibility index (Phi) is 10.7. The van der Waals surface area contributed by atoms with E-state index in [4.69, 9.17) is 27.9 Å². The summed E-state index contributed by atoms with van der Waals surface area (Å²) in [6.45, 7) is 1.96. The van der Waals surface area contributed by atoms with Crippen molar-refractivity contribution in [1.29, 1.82) is 0 Å². The summed E-state index contributed by atoms with van der Waals surface area (Å²) in [4.78, 5) is 29.3. The molecule has 0 bridgehead atoms. The zero-order valence-corrected chi connectivity index (χ0v) is 23.9. The number of carbonyl (C=O) groups excluding carboxylic acids is 2. The highest BCUT2D eigenvalue weighted by Crippen LogP contribution is 2.28. The van der Waals surface area contributed by atoms with Crippen molar-refractivity contribution in [3.63, 3.8) is 0 Å². The van der Waals surface area contributed by atoms with Crippen LogP contribution in [0.2, 0.25) is 10.0 Å². The van der Waals surface area contributed by atoms with Gasteiger partial charge in [0.1, 0.15) is 11.8 Å². The van der Waals surface area contributed by atoms with Gasteiger partial charge >= 0.3 is 0 Å². The van der Waals surface area contributed by atoms with E-state index >= 15 is 0 Å². The third-order valence-electron chi connectivity index (χ3n) is 7.31. The molecule has 0 aliphatic heterocycles. The molecule has 0 spiro atoms. The van der Waals surface area contributed by atoms with Crippen molar-refractivity contribution in [3.8, 4) is 5.75 Å². The van der Waals surface area contributed by atoms with Crippen molar-refractivity contribution in [3.05, 3.63) is 99.5 Å². The van der Waals surface area contributed by atoms with Crippen molar-refractivity contribution in [2.75, 3.05) is 6.61 Å². The molecule has 0 radical (unpaired) electrons.